The summed E-state index contributed by atoms with van der Waals surface area (Å²) >= 11 is 0. The molecule has 1 saturated carbocycles. The van der Waals surface area contributed by atoms with Gasteiger partial charge in [0.05, 0.1) is 6.26 Å². The Morgan fingerprint density at radius 1 is 1.26 bits per heavy atom. The lowest BCUT2D eigenvalue weighted by Gasteiger charge is -2.26. The van der Waals surface area contributed by atoms with Gasteiger partial charge >= 0.3 is 6.03 Å². The summed E-state index contributed by atoms with van der Waals surface area (Å²) in [5, 5.41) is 3.18. The van der Waals surface area contributed by atoms with Gasteiger partial charge in [-0.2, -0.15) is 0 Å². The third-order valence-electron chi connectivity index (χ3n) is 4.35. The second-order valence-corrected chi connectivity index (χ2v) is 5.73. The second kappa shape index (κ2) is 5.68. The van der Waals surface area contributed by atoms with Crippen LogP contribution in [0, 0.1) is 0 Å². The molecular formula is C15H22N2O2. The Morgan fingerprint density at radius 2 is 2.11 bits per heavy atom. The molecule has 0 aromatic carbocycles. The highest BCUT2D eigenvalue weighted by atomic mass is 16.3. The van der Waals surface area contributed by atoms with Crippen molar-refractivity contribution in [3.05, 3.63) is 24.2 Å². The van der Waals surface area contributed by atoms with E-state index in [0.29, 0.717) is 12.0 Å². The first kappa shape index (κ1) is 12.6. The van der Waals surface area contributed by atoms with Crippen molar-refractivity contribution in [2.24, 2.45) is 0 Å². The molecule has 1 N–H and O–H groups in total. The monoisotopic (exact) mass is 262 g/mol. The smallest absolute Gasteiger partial charge is 0.317 e. The maximum atomic E-state index is 12.2. The topological polar surface area (TPSA) is 45.5 Å². The molecule has 1 aromatic rings. The number of rotatable bonds is 2. The van der Waals surface area contributed by atoms with Crippen molar-refractivity contribution in [3.63, 3.8) is 0 Å². The molecule has 104 valence electrons. The van der Waals surface area contributed by atoms with Crippen LogP contribution in [0.25, 0.3) is 0 Å². The first-order valence-corrected chi connectivity index (χ1v) is 7.42. The minimum Gasteiger partial charge on any atom is -0.469 e. The summed E-state index contributed by atoms with van der Waals surface area (Å²) in [6, 6.07) is 4.43. The summed E-state index contributed by atoms with van der Waals surface area (Å²) in [4.78, 5) is 14.1. The van der Waals surface area contributed by atoms with Crippen molar-refractivity contribution < 1.29 is 9.21 Å². The van der Waals surface area contributed by atoms with E-state index in [1.54, 1.807) is 6.26 Å². The molecule has 2 aliphatic rings. The Labute approximate surface area is 114 Å². The van der Waals surface area contributed by atoms with Crippen molar-refractivity contribution >= 4 is 6.03 Å². The molecule has 2 amide bonds. The molecular weight excluding hydrogens is 240 g/mol. The maximum Gasteiger partial charge on any atom is 0.317 e. The van der Waals surface area contributed by atoms with Gasteiger partial charge < -0.3 is 14.6 Å². The van der Waals surface area contributed by atoms with E-state index in [2.05, 4.69) is 5.32 Å². The van der Waals surface area contributed by atoms with Crippen LogP contribution in [0.2, 0.25) is 0 Å². The summed E-state index contributed by atoms with van der Waals surface area (Å²) in [5.41, 5.74) is 0. The predicted octanol–water partition coefficient (Wildman–Crippen LogP) is 3.11. The SMILES string of the molecule is O=C(NC1CCCCC1)N1CCC(c2ccco2)C1. The third-order valence-corrected chi connectivity index (χ3v) is 4.35. The average Bonchev–Trinajstić information content (AvgIpc) is 3.11. The van der Waals surface area contributed by atoms with Crippen molar-refractivity contribution in [2.75, 3.05) is 13.1 Å². The molecule has 0 spiro atoms. The van der Waals surface area contributed by atoms with Crippen molar-refractivity contribution in [1.82, 2.24) is 10.2 Å². The fraction of sp³-hybridized carbons (Fsp3) is 0.667. The Balaban J connectivity index is 1.51. The van der Waals surface area contributed by atoms with Crippen LogP contribution in [0.3, 0.4) is 0 Å². The van der Waals surface area contributed by atoms with Crippen molar-refractivity contribution in [3.8, 4) is 0 Å². The van der Waals surface area contributed by atoms with Gasteiger partial charge in [0, 0.05) is 25.0 Å². The molecule has 2 fully saturated rings. The fourth-order valence-electron chi connectivity index (χ4n) is 3.21. The number of nitrogens with one attached hydrogen (secondary N) is 1. The summed E-state index contributed by atoms with van der Waals surface area (Å²) in [5.74, 6) is 1.38. The molecule has 2 heterocycles. The van der Waals surface area contributed by atoms with Crippen LogP contribution >= 0.6 is 0 Å². The van der Waals surface area contributed by atoms with Gasteiger partial charge in [-0.3, -0.25) is 0 Å². The van der Waals surface area contributed by atoms with E-state index in [1.165, 1.54) is 19.3 Å². The molecule has 0 bridgehead atoms. The number of hydrogen-bond donors (Lipinski definition) is 1. The number of nitrogens with zero attached hydrogens (tertiary/aromatic N) is 1. The van der Waals surface area contributed by atoms with E-state index >= 15 is 0 Å². The van der Waals surface area contributed by atoms with Gasteiger partial charge in [0.25, 0.3) is 0 Å². The molecule has 4 heteroatoms. The molecule has 1 unspecified atom stereocenters. The zero-order valence-corrected chi connectivity index (χ0v) is 11.3. The van der Waals surface area contributed by atoms with E-state index in [9.17, 15) is 4.79 Å². The third kappa shape index (κ3) is 2.94. The van der Waals surface area contributed by atoms with E-state index in [4.69, 9.17) is 4.42 Å². The van der Waals surface area contributed by atoms with Crippen LogP contribution in [0.5, 0.6) is 0 Å². The lowest BCUT2D eigenvalue weighted by atomic mass is 9.96. The maximum absolute atomic E-state index is 12.2. The molecule has 1 aliphatic heterocycles. The highest BCUT2D eigenvalue weighted by molar-refractivity contribution is 5.75. The molecule has 1 aliphatic carbocycles. The van der Waals surface area contributed by atoms with Crippen LogP contribution in [0.4, 0.5) is 4.79 Å². The van der Waals surface area contributed by atoms with E-state index in [-0.39, 0.29) is 6.03 Å². The number of amides is 2. The Morgan fingerprint density at radius 3 is 2.84 bits per heavy atom. The predicted molar refractivity (Wildman–Crippen MR) is 73.0 cm³/mol. The van der Waals surface area contributed by atoms with Crippen LogP contribution in [-0.2, 0) is 0 Å². The Hall–Kier alpha value is -1.45. The normalized spacial score (nSPS) is 24.6. The molecule has 19 heavy (non-hydrogen) atoms. The van der Waals surface area contributed by atoms with E-state index < -0.39 is 0 Å². The van der Waals surface area contributed by atoms with Crippen LogP contribution in [0.15, 0.2) is 22.8 Å². The molecule has 3 rings (SSSR count). The number of likely N-dealkylation sites (tertiary alicyclic amines) is 1. The number of carbonyl (C=O) groups is 1. The quantitative estimate of drug-likeness (QED) is 0.890. The van der Waals surface area contributed by atoms with Gasteiger partial charge in [-0.15, -0.1) is 0 Å². The first-order valence-electron chi connectivity index (χ1n) is 7.42. The zero-order valence-electron chi connectivity index (χ0n) is 11.3. The number of urea groups is 1. The van der Waals surface area contributed by atoms with Crippen molar-refractivity contribution in [1.29, 1.82) is 0 Å². The van der Waals surface area contributed by atoms with Crippen LogP contribution in [-0.4, -0.2) is 30.1 Å². The average molecular weight is 262 g/mol. The number of furan rings is 1. The van der Waals surface area contributed by atoms with E-state index in [0.717, 1.165) is 38.1 Å². The minimum atomic E-state index is 0.112. The van der Waals surface area contributed by atoms with Crippen molar-refractivity contribution in [2.45, 2.75) is 50.5 Å². The van der Waals surface area contributed by atoms with Crippen LogP contribution in [0.1, 0.15) is 50.2 Å². The largest absolute Gasteiger partial charge is 0.469 e. The Kier molecular flexibility index (Phi) is 3.76. The second-order valence-electron chi connectivity index (χ2n) is 5.73. The summed E-state index contributed by atoms with van der Waals surface area (Å²) in [6.07, 6.45) is 8.81. The molecule has 1 aromatic heterocycles. The Bertz CT molecular complexity index is 410. The number of carbonyl (C=O) groups excluding carboxylic acids is 1. The highest BCUT2D eigenvalue weighted by Gasteiger charge is 2.29. The summed E-state index contributed by atoms with van der Waals surface area (Å²) < 4.78 is 5.44. The summed E-state index contributed by atoms with van der Waals surface area (Å²) in [7, 11) is 0. The highest BCUT2D eigenvalue weighted by Crippen LogP contribution is 2.27. The standard InChI is InChI=1S/C15H22N2O2/c18-15(16-13-5-2-1-3-6-13)17-9-8-12(11-17)14-7-4-10-19-14/h4,7,10,12-13H,1-3,5-6,8-9,11H2,(H,16,18). The number of hydrogen-bond acceptors (Lipinski definition) is 2. The molecule has 4 nitrogen and oxygen atoms in total. The van der Waals surface area contributed by atoms with Crippen LogP contribution < -0.4 is 5.32 Å². The van der Waals surface area contributed by atoms with Gasteiger partial charge in [-0.25, -0.2) is 4.79 Å². The van der Waals surface area contributed by atoms with E-state index in [1.807, 2.05) is 17.0 Å². The zero-order chi connectivity index (χ0) is 13.1. The fourth-order valence-corrected chi connectivity index (χ4v) is 3.21. The lowest BCUT2D eigenvalue weighted by molar-refractivity contribution is 0.199. The van der Waals surface area contributed by atoms with Gasteiger partial charge in [-0.1, -0.05) is 19.3 Å². The van der Waals surface area contributed by atoms with Gasteiger partial charge in [0.15, 0.2) is 0 Å². The van der Waals surface area contributed by atoms with Gasteiger partial charge in [0.1, 0.15) is 5.76 Å². The van der Waals surface area contributed by atoms with Gasteiger partial charge in [-0.05, 0) is 31.4 Å². The van der Waals surface area contributed by atoms with Gasteiger partial charge in [0.2, 0.25) is 0 Å². The minimum absolute atomic E-state index is 0.112. The molecule has 1 atom stereocenters. The summed E-state index contributed by atoms with van der Waals surface area (Å²) in [6.45, 7) is 1.62. The molecule has 0 radical (unpaired) electrons. The lowest BCUT2D eigenvalue weighted by Crippen LogP contribution is -2.44. The first-order chi connectivity index (χ1) is 9.33. The molecule has 1 saturated heterocycles.